The molecule has 0 saturated carbocycles. The van der Waals surface area contributed by atoms with Crippen LogP contribution in [0.2, 0.25) is 0 Å². The summed E-state index contributed by atoms with van der Waals surface area (Å²) >= 11 is 0. The first kappa shape index (κ1) is 22.4. The number of carbonyl (C=O) groups is 2. The Kier molecular flexibility index (Phi) is 6.90. The van der Waals surface area contributed by atoms with Crippen molar-refractivity contribution >= 4 is 34.6 Å². The number of benzene rings is 3. The molecule has 0 aliphatic carbocycles. The number of rotatable bonds is 6. The van der Waals surface area contributed by atoms with Crippen LogP contribution in [0.15, 0.2) is 72.8 Å². The smallest absolute Gasteiger partial charge is 0.340 e. The zero-order valence-corrected chi connectivity index (χ0v) is 18.5. The molecule has 170 valence electrons. The maximum absolute atomic E-state index is 12.8. The number of methoxy groups -OCH3 is 1. The number of esters is 1. The molecule has 1 saturated heterocycles. The molecule has 0 aromatic heterocycles. The first-order chi connectivity index (χ1) is 16.0. The van der Waals surface area contributed by atoms with Gasteiger partial charge in [0, 0.05) is 35.7 Å². The number of nitrogens with zero attached hydrogens (tertiary/aromatic N) is 1. The molecule has 4 rings (SSSR count). The minimum atomic E-state index is -0.500. The van der Waals surface area contributed by atoms with Crippen LogP contribution in [-0.2, 0) is 4.74 Å². The van der Waals surface area contributed by atoms with Crippen molar-refractivity contribution in [3.05, 3.63) is 83.9 Å². The molecule has 7 heteroatoms. The fraction of sp³-hybridized carbons (Fsp3) is 0.231. The van der Waals surface area contributed by atoms with Crippen molar-refractivity contribution in [2.24, 2.45) is 0 Å². The molecule has 1 heterocycles. The lowest BCUT2D eigenvalue weighted by atomic mass is 10.1. The lowest BCUT2D eigenvalue weighted by molar-refractivity contribution is 0.0601. The minimum absolute atomic E-state index is 0.226. The second kappa shape index (κ2) is 10.2. The molecule has 0 atom stereocenters. The van der Waals surface area contributed by atoms with E-state index in [1.165, 1.54) is 7.11 Å². The summed E-state index contributed by atoms with van der Waals surface area (Å²) in [6, 6.07) is 22.0. The number of amides is 1. The molecule has 33 heavy (non-hydrogen) atoms. The van der Waals surface area contributed by atoms with Gasteiger partial charge in [0.15, 0.2) is 0 Å². The largest absolute Gasteiger partial charge is 0.465 e. The summed E-state index contributed by atoms with van der Waals surface area (Å²) < 4.78 is 4.92. The lowest BCUT2D eigenvalue weighted by Gasteiger charge is -2.31. The number of aliphatic hydroxyl groups is 1. The van der Waals surface area contributed by atoms with Gasteiger partial charge in [-0.2, -0.15) is 0 Å². The fourth-order valence-electron chi connectivity index (χ4n) is 3.84. The van der Waals surface area contributed by atoms with E-state index in [1.807, 2.05) is 42.5 Å². The van der Waals surface area contributed by atoms with Crippen LogP contribution in [0.4, 0.5) is 22.7 Å². The second-order valence-corrected chi connectivity index (χ2v) is 7.96. The van der Waals surface area contributed by atoms with Crippen molar-refractivity contribution in [3.63, 3.8) is 0 Å². The topological polar surface area (TPSA) is 90.9 Å². The fourth-order valence-corrected chi connectivity index (χ4v) is 3.84. The molecular weight excluding hydrogens is 418 g/mol. The van der Waals surface area contributed by atoms with E-state index in [-0.39, 0.29) is 12.0 Å². The maximum atomic E-state index is 12.8. The number of nitrogens with one attached hydrogen (secondary N) is 2. The van der Waals surface area contributed by atoms with Gasteiger partial charge in [-0.15, -0.1) is 0 Å². The average molecular weight is 446 g/mol. The van der Waals surface area contributed by atoms with Gasteiger partial charge in [-0.25, -0.2) is 4.79 Å². The molecule has 0 radical (unpaired) electrons. The highest BCUT2D eigenvalue weighted by molar-refractivity contribution is 6.06. The molecule has 7 nitrogen and oxygen atoms in total. The quantitative estimate of drug-likeness (QED) is 0.486. The van der Waals surface area contributed by atoms with Crippen LogP contribution in [0.1, 0.15) is 33.6 Å². The Morgan fingerprint density at radius 3 is 2.30 bits per heavy atom. The van der Waals surface area contributed by atoms with Gasteiger partial charge >= 0.3 is 5.97 Å². The number of carbonyl (C=O) groups excluding carboxylic acids is 2. The number of aliphatic hydroxyl groups excluding tert-OH is 1. The van der Waals surface area contributed by atoms with Crippen molar-refractivity contribution in [3.8, 4) is 0 Å². The second-order valence-electron chi connectivity index (χ2n) is 7.96. The van der Waals surface area contributed by atoms with Crippen LogP contribution >= 0.6 is 0 Å². The third kappa shape index (κ3) is 5.51. The predicted octanol–water partition coefficient (Wildman–Crippen LogP) is 4.43. The highest BCUT2D eigenvalue weighted by Crippen LogP contribution is 2.26. The van der Waals surface area contributed by atoms with E-state index in [0.717, 1.165) is 37.3 Å². The molecule has 0 spiro atoms. The van der Waals surface area contributed by atoms with Crippen molar-refractivity contribution in [1.82, 2.24) is 0 Å². The van der Waals surface area contributed by atoms with Gasteiger partial charge in [0.25, 0.3) is 5.91 Å². The number of hydrogen-bond donors (Lipinski definition) is 3. The van der Waals surface area contributed by atoms with Crippen molar-refractivity contribution in [2.75, 3.05) is 35.7 Å². The Hall–Kier alpha value is -3.84. The number of piperidine rings is 1. The van der Waals surface area contributed by atoms with E-state index in [1.54, 1.807) is 30.3 Å². The molecule has 3 aromatic rings. The van der Waals surface area contributed by atoms with Gasteiger partial charge in [-0.05, 0) is 67.4 Å². The number of para-hydroxylation sites is 1. The Bertz CT molecular complexity index is 1110. The van der Waals surface area contributed by atoms with Crippen LogP contribution in [0.5, 0.6) is 0 Å². The summed E-state index contributed by atoms with van der Waals surface area (Å²) in [5, 5.41) is 15.7. The van der Waals surface area contributed by atoms with E-state index in [9.17, 15) is 14.7 Å². The molecule has 0 bridgehead atoms. The van der Waals surface area contributed by atoms with Crippen LogP contribution in [-0.4, -0.2) is 43.3 Å². The van der Waals surface area contributed by atoms with E-state index in [2.05, 4.69) is 15.5 Å². The number of ether oxygens (including phenoxy) is 1. The van der Waals surface area contributed by atoms with Crippen molar-refractivity contribution in [1.29, 1.82) is 0 Å². The monoisotopic (exact) mass is 445 g/mol. The van der Waals surface area contributed by atoms with E-state index >= 15 is 0 Å². The van der Waals surface area contributed by atoms with Gasteiger partial charge in [0.2, 0.25) is 0 Å². The number of hydrogen-bond acceptors (Lipinski definition) is 6. The highest BCUT2D eigenvalue weighted by Gasteiger charge is 2.18. The minimum Gasteiger partial charge on any atom is -0.465 e. The Morgan fingerprint density at radius 1 is 0.939 bits per heavy atom. The van der Waals surface area contributed by atoms with Gasteiger partial charge in [0.1, 0.15) is 0 Å². The molecule has 1 aliphatic heterocycles. The Labute approximate surface area is 193 Å². The Balaban J connectivity index is 1.47. The zero-order chi connectivity index (χ0) is 23.2. The third-order valence-electron chi connectivity index (χ3n) is 5.69. The van der Waals surface area contributed by atoms with Crippen LogP contribution in [0, 0.1) is 0 Å². The third-order valence-corrected chi connectivity index (χ3v) is 5.69. The summed E-state index contributed by atoms with van der Waals surface area (Å²) in [7, 11) is 1.32. The number of anilines is 4. The van der Waals surface area contributed by atoms with Gasteiger partial charge in [-0.1, -0.05) is 18.2 Å². The van der Waals surface area contributed by atoms with E-state index in [4.69, 9.17) is 4.74 Å². The summed E-state index contributed by atoms with van der Waals surface area (Å²) in [5.41, 5.74) is 3.78. The first-order valence-corrected chi connectivity index (χ1v) is 10.9. The molecule has 3 N–H and O–H groups in total. The van der Waals surface area contributed by atoms with Gasteiger partial charge in [0.05, 0.1) is 24.5 Å². The van der Waals surface area contributed by atoms with Gasteiger partial charge < -0.3 is 25.4 Å². The molecule has 1 fully saturated rings. The zero-order valence-electron chi connectivity index (χ0n) is 18.5. The molecule has 1 aliphatic rings. The summed E-state index contributed by atoms with van der Waals surface area (Å²) in [6.07, 6.45) is 1.27. The van der Waals surface area contributed by atoms with E-state index < -0.39 is 5.97 Å². The molecule has 0 unspecified atom stereocenters. The van der Waals surface area contributed by atoms with Crippen LogP contribution in [0.25, 0.3) is 0 Å². The lowest BCUT2D eigenvalue weighted by Crippen LogP contribution is -2.35. The maximum Gasteiger partial charge on any atom is 0.340 e. The van der Waals surface area contributed by atoms with Crippen LogP contribution < -0.4 is 15.5 Å². The summed E-state index contributed by atoms with van der Waals surface area (Å²) in [4.78, 5) is 27.3. The first-order valence-electron chi connectivity index (χ1n) is 10.9. The normalized spacial score (nSPS) is 13.9. The highest BCUT2D eigenvalue weighted by atomic mass is 16.5. The van der Waals surface area contributed by atoms with Crippen molar-refractivity contribution in [2.45, 2.75) is 18.9 Å². The molecule has 1 amide bonds. The van der Waals surface area contributed by atoms with Crippen LogP contribution in [0.3, 0.4) is 0 Å². The molecular formula is C26H27N3O4. The Morgan fingerprint density at radius 2 is 1.64 bits per heavy atom. The standard InChI is InChI=1S/C26H27N3O4/c1-33-26(32)23-17-20(9-12-24(23)27-19-5-3-2-4-6-19)28-25(31)18-7-10-21(11-8-18)29-15-13-22(30)14-16-29/h2-12,17,22,27,30H,13-16H2,1H3,(H,28,31). The van der Waals surface area contributed by atoms with E-state index in [0.29, 0.717) is 22.5 Å². The predicted molar refractivity (Wildman–Crippen MR) is 129 cm³/mol. The summed E-state index contributed by atoms with van der Waals surface area (Å²) in [5.74, 6) is -0.768. The average Bonchev–Trinajstić information content (AvgIpc) is 2.85. The summed E-state index contributed by atoms with van der Waals surface area (Å²) in [6.45, 7) is 1.60. The SMILES string of the molecule is COC(=O)c1cc(NC(=O)c2ccc(N3CCC(O)CC3)cc2)ccc1Nc1ccccc1. The van der Waals surface area contributed by atoms with Crippen molar-refractivity contribution < 1.29 is 19.4 Å². The molecule has 3 aromatic carbocycles. The van der Waals surface area contributed by atoms with Gasteiger partial charge in [-0.3, -0.25) is 4.79 Å².